The number of aromatic nitrogens is 2. The first-order valence-electron chi connectivity index (χ1n) is 8.42. The van der Waals surface area contributed by atoms with Crippen molar-refractivity contribution in [3.8, 4) is 17.6 Å². The van der Waals surface area contributed by atoms with Crippen molar-refractivity contribution in [2.24, 2.45) is 0 Å². The zero-order chi connectivity index (χ0) is 21.9. The molecule has 0 bridgehead atoms. The molecule has 0 spiro atoms. The Kier molecular flexibility index (Phi) is 5.98. The number of ether oxygens (including phenoxy) is 1. The van der Waals surface area contributed by atoms with Crippen molar-refractivity contribution in [3.05, 3.63) is 76.9 Å². The maximum absolute atomic E-state index is 14.4. The monoisotopic (exact) mass is 437 g/mol. The minimum atomic E-state index is -5.15. The Morgan fingerprint density at radius 2 is 1.73 bits per heavy atom. The standard InChI is InChI=1S/C19H14F3N3O4S/c1-12-19(8-23)24-11-25(12)9-13-6-17(20)16(18(21)7-13)10-28-14-2-4-15(5-3-14)29-30(22,26)27/h2-7,11H,9-10H2,1H3. The summed E-state index contributed by atoms with van der Waals surface area (Å²) in [6.45, 7) is 1.39. The van der Waals surface area contributed by atoms with Crippen LogP contribution in [0.1, 0.15) is 22.5 Å². The first-order chi connectivity index (χ1) is 14.2. The van der Waals surface area contributed by atoms with Crippen molar-refractivity contribution in [3.63, 3.8) is 0 Å². The summed E-state index contributed by atoms with van der Waals surface area (Å²) in [6.07, 6.45) is 1.42. The van der Waals surface area contributed by atoms with Crippen molar-refractivity contribution in [2.75, 3.05) is 0 Å². The second-order valence-electron chi connectivity index (χ2n) is 6.19. The number of nitriles is 1. The van der Waals surface area contributed by atoms with Crippen molar-refractivity contribution < 1.29 is 30.0 Å². The molecular weight excluding hydrogens is 423 g/mol. The zero-order valence-electron chi connectivity index (χ0n) is 15.5. The lowest BCUT2D eigenvalue weighted by atomic mass is 10.1. The molecule has 156 valence electrons. The Hall–Kier alpha value is -3.52. The van der Waals surface area contributed by atoms with Gasteiger partial charge < -0.3 is 13.5 Å². The maximum Gasteiger partial charge on any atom is 0.488 e. The predicted octanol–water partition coefficient (Wildman–Crippen LogP) is 3.56. The fourth-order valence-corrected chi connectivity index (χ4v) is 3.00. The molecule has 0 aliphatic rings. The zero-order valence-corrected chi connectivity index (χ0v) is 16.3. The number of rotatable bonds is 7. The highest BCUT2D eigenvalue weighted by molar-refractivity contribution is 7.81. The molecular formula is C19H14F3N3O4S. The highest BCUT2D eigenvalue weighted by atomic mass is 32.3. The molecule has 0 aliphatic carbocycles. The van der Waals surface area contributed by atoms with Crippen LogP contribution in [-0.4, -0.2) is 18.0 Å². The van der Waals surface area contributed by atoms with Gasteiger partial charge in [0.2, 0.25) is 0 Å². The lowest BCUT2D eigenvalue weighted by Crippen LogP contribution is -2.06. The third kappa shape index (κ3) is 5.09. The maximum atomic E-state index is 14.4. The quantitative estimate of drug-likeness (QED) is 0.525. The van der Waals surface area contributed by atoms with Crippen molar-refractivity contribution in [1.82, 2.24) is 9.55 Å². The van der Waals surface area contributed by atoms with Crippen molar-refractivity contribution in [1.29, 1.82) is 5.26 Å². The second-order valence-corrected chi connectivity index (χ2v) is 7.15. The average Bonchev–Trinajstić information content (AvgIpc) is 3.01. The molecule has 0 fully saturated rings. The van der Waals surface area contributed by atoms with Gasteiger partial charge >= 0.3 is 10.5 Å². The minimum absolute atomic E-state index is 0.133. The van der Waals surface area contributed by atoms with E-state index in [1.807, 2.05) is 6.07 Å². The van der Waals surface area contributed by atoms with Crippen LogP contribution in [-0.2, 0) is 23.7 Å². The van der Waals surface area contributed by atoms with Gasteiger partial charge in [-0.2, -0.15) is 13.7 Å². The smallest absolute Gasteiger partial charge is 0.488 e. The normalized spacial score (nSPS) is 11.2. The Morgan fingerprint density at radius 1 is 1.13 bits per heavy atom. The molecule has 3 rings (SSSR count). The van der Waals surface area contributed by atoms with Crippen molar-refractivity contribution >= 4 is 10.5 Å². The fourth-order valence-electron chi connectivity index (χ4n) is 2.66. The molecule has 0 amide bonds. The Balaban J connectivity index is 1.70. The largest absolute Gasteiger partial charge is 0.489 e. The van der Waals surface area contributed by atoms with E-state index in [2.05, 4.69) is 9.17 Å². The van der Waals surface area contributed by atoms with E-state index in [1.54, 1.807) is 11.5 Å². The SMILES string of the molecule is Cc1c(C#N)ncn1Cc1cc(F)c(COc2ccc(OS(=O)(=O)F)cc2)c(F)c1. The summed E-state index contributed by atoms with van der Waals surface area (Å²) in [5, 5.41) is 8.93. The molecule has 30 heavy (non-hydrogen) atoms. The fraction of sp³-hybridized carbons (Fsp3) is 0.158. The van der Waals surface area contributed by atoms with E-state index in [0.717, 1.165) is 24.3 Å². The molecule has 1 heterocycles. The predicted molar refractivity (Wildman–Crippen MR) is 98.6 cm³/mol. The van der Waals surface area contributed by atoms with E-state index in [0.29, 0.717) is 11.3 Å². The lowest BCUT2D eigenvalue weighted by Gasteiger charge is -2.11. The molecule has 0 N–H and O–H groups in total. The van der Waals surface area contributed by atoms with Crippen LogP contribution < -0.4 is 8.92 Å². The third-order valence-corrected chi connectivity index (χ3v) is 4.55. The number of hydrogen-bond acceptors (Lipinski definition) is 6. The molecule has 3 aromatic rings. The van der Waals surface area contributed by atoms with E-state index >= 15 is 0 Å². The van der Waals surface area contributed by atoms with Gasteiger partial charge in [0.25, 0.3) is 0 Å². The van der Waals surface area contributed by atoms with Crippen molar-refractivity contribution in [2.45, 2.75) is 20.1 Å². The minimum Gasteiger partial charge on any atom is -0.489 e. The van der Waals surface area contributed by atoms with Crippen LogP contribution in [0.3, 0.4) is 0 Å². The molecule has 0 unspecified atom stereocenters. The molecule has 0 aliphatic heterocycles. The van der Waals surface area contributed by atoms with Crippen LogP contribution in [0.25, 0.3) is 0 Å². The van der Waals surface area contributed by atoms with Gasteiger partial charge in [0.15, 0.2) is 5.69 Å². The van der Waals surface area contributed by atoms with Gasteiger partial charge in [-0.1, -0.05) is 3.89 Å². The first-order valence-corrected chi connectivity index (χ1v) is 9.72. The summed E-state index contributed by atoms with van der Waals surface area (Å²) in [4.78, 5) is 3.91. The van der Waals surface area contributed by atoms with Gasteiger partial charge in [0.1, 0.15) is 35.8 Å². The highest BCUT2D eigenvalue weighted by Crippen LogP contribution is 2.23. The number of nitrogens with zero attached hydrogens (tertiary/aromatic N) is 3. The first kappa shape index (κ1) is 21.2. The molecule has 0 saturated carbocycles. The van der Waals surface area contributed by atoms with Crippen LogP contribution >= 0.6 is 0 Å². The van der Waals surface area contributed by atoms with Gasteiger partial charge in [-0.3, -0.25) is 0 Å². The van der Waals surface area contributed by atoms with E-state index in [9.17, 15) is 21.1 Å². The second kappa shape index (κ2) is 8.46. The van der Waals surface area contributed by atoms with E-state index in [1.165, 1.54) is 18.5 Å². The topological polar surface area (TPSA) is 94.2 Å². The highest BCUT2D eigenvalue weighted by Gasteiger charge is 2.14. The molecule has 0 radical (unpaired) electrons. The van der Waals surface area contributed by atoms with E-state index in [-0.39, 0.29) is 29.3 Å². The van der Waals surface area contributed by atoms with Crippen LogP contribution in [0.4, 0.5) is 12.7 Å². The Morgan fingerprint density at radius 3 is 2.27 bits per heavy atom. The van der Waals surface area contributed by atoms with Crippen LogP contribution in [0, 0.1) is 29.9 Å². The summed E-state index contributed by atoms with van der Waals surface area (Å²) < 4.78 is 73.1. The van der Waals surface area contributed by atoms with E-state index < -0.39 is 28.7 Å². The number of hydrogen-bond donors (Lipinski definition) is 0. The molecule has 0 atom stereocenters. The Labute approximate surface area is 170 Å². The lowest BCUT2D eigenvalue weighted by molar-refractivity contribution is 0.292. The molecule has 0 saturated heterocycles. The van der Waals surface area contributed by atoms with Gasteiger partial charge in [-0.15, -0.1) is 0 Å². The summed E-state index contributed by atoms with van der Waals surface area (Å²) in [5.41, 5.74) is 0.860. The summed E-state index contributed by atoms with van der Waals surface area (Å²) >= 11 is 0. The van der Waals surface area contributed by atoms with Gasteiger partial charge in [0.05, 0.1) is 17.6 Å². The number of imidazole rings is 1. The average molecular weight is 437 g/mol. The number of halogens is 3. The summed E-state index contributed by atoms with van der Waals surface area (Å²) in [7, 11) is -5.15. The third-order valence-electron chi connectivity index (χ3n) is 4.16. The molecule has 11 heteroatoms. The molecule has 7 nitrogen and oxygen atoms in total. The molecule has 1 aromatic heterocycles. The van der Waals surface area contributed by atoms with Gasteiger partial charge in [-0.25, -0.2) is 13.8 Å². The van der Waals surface area contributed by atoms with Crippen LogP contribution in [0.2, 0.25) is 0 Å². The molecule has 2 aromatic carbocycles. The van der Waals surface area contributed by atoms with Crippen LogP contribution in [0.15, 0.2) is 42.7 Å². The Bertz CT molecular complexity index is 1200. The summed E-state index contributed by atoms with van der Waals surface area (Å²) in [6, 6.07) is 9.04. The van der Waals surface area contributed by atoms with Gasteiger partial charge in [0, 0.05) is 6.54 Å². The van der Waals surface area contributed by atoms with E-state index in [4.69, 9.17) is 10.00 Å². The number of benzene rings is 2. The van der Waals surface area contributed by atoms with Gasteiger partial charge in [-0.05, 0) is 48.9 Å². The summed E-state index contributed by atoms with van der Waals surface area (Å²) in [5.74, 6) is -1.74. The van der Waals surface area contributed by atoms with Crippen LogP contribution in [0.5, 0.6) is 11.5 Å².